The van der Waals surface area contributed by atoms with E-state index in [0.717, 1.165) is 0 Å². The molecule has 8 heteroatoms. The molecule has 0 aliphatic carbocycles. The van der Waals surface area contributed by atoms with Gasteiger partial charge in [0.2, 0.25) is 0 Å². The summed E-state index contributed by atoms with van der Waals surface area (Å²) in [5.74, 6) is 0.441. The van der Waals surface area contributed by atoms with Gasteiger partial charge in [0, 0.05) is 6.07 Å². The fraction of sp³-hybridized carbons (Fsp3) is 0.600. The van der Waals surface area contributed by atoms with E-state index in [-0.39, 0.29) is 6.61 Å². The number of carbonyl (C=O) groups is 2. The number of benzene rings is 1. The topological polar surface area (TPSA) is 95.1 Å². The summed E-state index contributed by atoms with van der Waals surface area (Å²) in [6, 6.07) is 3.42. The molecule has 1 aromatic rings. The number of ether oxygens (including phenoxy) is 4. The third-order valence-electron chi connectivity index (χ3n) is 3.34. The number of nitrogens with one attached hydrogen (secondary N) is 2. The highest BCUT2D eigenvalue weighted by Gasteiger charge is 2.28. The van der Waals surface area contributed by atoms with E-state index in [9.17, 15) is 9.59 Å². The van der Waals surface area contributed by atoms with Crippen LogP contribution >= 0.6 is 0 Å². The number of methoxy groups -OCH3 is 2. The van der Waals surface area contributed by atoms with Gasteiger partial charge in [-0.1, -0.05) is 0 Å². The lowest BCUT2D eigenvalue weighted by Crippen LogP contribution is -2.49. The van der Waals surface area contributed by atoms with Gasteiger partial charge in [0.05, 0.1) is 32.1 Å². The molecule has 8 nitrogen and oxygen atoms in total. The number of carbonyl (C=O) groups excluding carboxylic acids is 2. The van der Waals surface area contributed by atoms with E-state index in [1.54, 1.807) is 39.0 Å². The summed E-state index contributed by atoms with van der Waals surface area (Å²) in [5.41, 5.74) is -0.730. The van der Waals surface area contributed by atoms with Gasteiger partial charge in [0.25, 0.3) is 0 Å². The highest BCUT2D eigenvalue weighted by atomic mass is 16.6. The van der Waals surface area contributed by atoms with E-state index in [4.69, 9.17) is 18.9 Å². The Hall–Kier alpha value is -2.48. The lowest BCUT2D eigenvalue weighted by Gasteiger charge is -2.27. The fourth-order valence-corrected chi connectivity index (χ4v) is 2.09. The van der Waals surface area contributed by atoms with Gasteiger partial charge in [0.15, 0.2) is 6.04 Å². The second-order valence-electron chi connectivity index (χ2n) is 8.17. The number of hydrogen-bond acceptors (Lipinski definition) is 6. The summed E-state index contributed by atoms with van der Waals surface area (Å²) in [7, 11) is 3.02. The first-order chi connectivity index (χ1) is 12.8. The molecule has 2 N–H and O–H groups in total. The Balaban J connectivity index is 2.89. The van der Waals surface area contributed by atoms with Crippen LogP contribution in [0.5, 0.6) is 11.5 Å². The van der Waals surface area contributed by atoms with E-state index in [0.29, 0.717) is 17.2 Å². The highest BCUT2D eigenvalue weighted by molar-refractivity contribution is 5.94. The molecule has 0 fully saturated rings. The molecule has 1 aromatic carbocycles. The molecule has 1 unspecified atom stereocenters. The predicted molar refractivity (Wildman–Crippen MR) is 107 cm³/mol. The maximum Gasteiger partial charge on any atom is 0.331 e. The monoisotopic (exact) mass is 396 g/mol. The van der Waals surface area contributed by atoms with Gasteiger partial charge < -0.3 is 29.6 Å². The van der Waals surface area contributed by atoms with E-state index in [1.807, 2.05) is 20.8 Å². The minimum absolute atomic E-state index is 0.0222. The quantitative estimate of drug-likeness (QED) is 0.687. The number of rotatable bonds is 7. The zero-order chi connectivity index (χ0) is 21.5. The van der Waals surface area contributed by atoms with Crippen LogP contribution in [-0.4, -0.2) is 50.1 Å². The average Bonchev–Trinajstić information content (AvgIpc) is 2.56. The van der Waals surface area contributed by atoms with E-state index in [1.165, 1.54) is 14.2 Å². The molecule has 0 radical (unpaired) electrons. The highest BCUT2D eigenvalue weighted by Crippen LogP contribution is 2.28. The Labute approximate surface area is 166 Å². The molecule has 1 rings (SSSR count). The summed E-state index contributed by atoms with van der Waals surface area (Å²) >= 11 is 0. The Bertz CT molecular complexity index is 676. The van der Waals surface area contributed by atoms with Crippen molar-refractivity contribution in [2.75, 3.05) is 26.1 Å². The number of anilines is 1. The zero-order valence-corrected chi connectivity index (χ0v) is 18.0. The van der Waals surface area contributed by atoms with Gasteiger partial charge in [-0.3, -0.25) is 0 Å². The van der Waals surface area contributed by atoms with Crippen LogP contribution in [0.25, 0.3) is 0 Å². The molecule has 0 aliphatic heterocycles. The number of urea groups is 1. The molecule has 0 aromatic heterocycles. The second kappa shape index (κ2) is 9.64. The lowest BCUT2D eigenvalue weighted by atomic mass is 10.1. The van der Waals surface area contributed by atoms with Crippen LogP contribution < -0.4 is 20.1 Å². The van der Waals surface area contributed by atoms with E-state index < -0.39 is 29.2 Å². The van der Waals surface area contributed by atoms with Crippen molar-refractivity contribution in [3.63, 3.8) is 0 Å². The van der Waals surface area contributed by atoms with E-state index in [2.05, 4.69) is 10.6 Å². The fourth-order valence-electron chi connectivity index (χ4n) is 2.09. The van der Waals surface area contributed by atoms with Crippen molar-refractivity contribution in [3.8, 4) is 11.5 Å². The molecule has 0 saturated carbocycles. The van der Waals surface area contributed by atoms with Crippen molar-refractivity contribution in [2.24, 2.45) is 0 Å². The molecule has 28 heavy (non-hydrogen) atoms. The third kappa shape index (κ3) is 8.47. The van der Waals surface area contributed by atoms with E-state index >= 15 is 0 Å². The number of esters is 1. The lowest BCUT2D eigenvalue weighted by molar-refractivity contribution is -0.160. The van der Waals surface area contributed by atoms with Gasteiger partial charge in [-0.15, -0.1) is 0 Å². The Morgan fingerprint density at radius 2 is 1.64 bits per heavy atom. The first-order valence-corrected chi connectivity index (χ1v) is 9.01. The molecule has 0 heterocycles. The summed E-state index contributed by atoms with van der Waals surface area (Å²) in [4.78, 5) is 25.0. The molecule has 0 saturated heterocycles. The Kier molecular flexibility index (Phi) is 8.11. The smallest absolute Gasteiger partial charge is 0.331 e. The van der Waals surface area contributed by atoms with Gasteiger partial charge in [-0.25, -0.2) is 9.59 Å². The maximum absolute atomic E-state index is 12.5. The van der Waals surface area contributed by atoms with Crippen molar-refractivity contribution < 1.29 is 28.5 Å². The van der Waals surface area contributed by atoms with Crippen LogP contribution in [-0.2, 0) is 14.3 Å². The molecule has 1 atom stereocenters. The number of hydrogen-bond donors (Lipinski definition) is 2. The summed E-state index contributed by atoms with van der Waals surface area (Å²) < 4.78 is 21.5. The van der Waals surface area contributed by atoms with Gasteiger partial charge in [-0.2, -0.15) is 0 Å². The van der Waals surface area contributed by atoms with Crippen molar-refractivity contribution in [3.05, 3.63) is 18.2 Å². The Morgan fingerprint density at radius 3 is 2.14 bits per heavy atom. The molecule has 2 amide bonds. The second-order valence-corrected chi connectivity index (χ2v) is 8.17. The molecule has 0 aliphatic rings. The summed E-state index contributed by atoms with van der Waals surface area (Å²) in [6.45, 7) is 10.8. The zero-order valence-electron chi connectivity index (χ0n) is 18.0. The molecular weight excluding hydrogens is 364 g/mol. The van der Waals surface area contributed by atoms with Crippen LogP contribution in [0, 0.1) is 0 Å². The van der Waals surface area contributed by atoms with Gasteiger partial charge in [0.1, 0.15) is 17.1 Å². The van der Waals surface area contributed by atoms with Crippen LogP contribution in [0.1, 0.15) is 41.5 Å². The average molecular weight is 396 g/mol. The van der Waals surface area contributed by atoms with Crippen molar-refractivity contribution >= 4 is 17.7 Å². The van der Waals surface area contributed by atoms with Crippen LogP contribution in [0.15, 0.2) is 18.2 Å². The van der Waals surface area contributed by atoms with Crippen LogP contribution in [0.2, 0.25) is 0 Å². The van der Waals surface area contributed by atoms with Gasteiger partial charge in [-0.05, 0) is 53.7 Å². The van der Waals surface area contributed by atoms with Crippen LogP contribution in [0.3, 0.4) is 0 Å². The SMILES string of the molecule is COc1ccc(NC(=O)NC(COC(C)(C)C)C(=O)OC(C)(C)C)c(OC)c1. The van der Waals surface area contributed by atoms with Gasteiger partial charge >= 0.3 is 12.0 Å². The molecule has 158 valence electrons. The number of amides is 2. The molecule has 0 bridgehead atoms. The summed E-state index contributed by atoms with van der Waals surface area (Å²) in [6.07, 6.45) is 0. The standard InChI is InChI=1S/C20H32N2O6/c1-19(2,3)27-12-15(17(23)28-20(4,5)6)22-18(24)21-14-10-9-13(25-7)11-16(14)26-8/h9-11,15H,12H2,1-8H3,(H2,21,22,24). The van der Waals surface area contributed by atoms with Crippen molar-refractivity contribution in [1.82, 2.24) is 5.32 Å². The largest absolute Gasteiger partial charge is 0.497 e. The van der Waals surface area contributed by atoms with Crippen LogP contribution in [0.4, 0.5) is 10.5 Å². The first kappa shape index (κ1) is 23.6. The minimum Gasteiger partial charge on any atom is -0.497 e. The third-order valence-corrected chi connectivity index (χ3v) is 3.34. The predicted octanol–water partition coefficient (Wildman–Crippen LogP) is 3.35. The van der Waals surface area contributed by atoms with Crippen molar-refractivity contribution in [1.29, 1.82) is 0 Å². The molecule has 0 spiro atoms. The summed E-state index contributed by atoms with van der Waals surface area (Å²) in [5, 5.41) is 5.27. The minimum atomic E-state index is -0.970. The maximum atomic E-state index is 12.5. The Morgan fingerprint density at radius 1 is 1.00 bits per heavy atom. The normalized spacial score (nSPS) is 12.7. The van der Waals surface area contributed by atoms with Crippen molar-refractivity contribution in [2.45, 2.75) is 58.8 Å². The molecular formula is C20H32N2O6. The first-order valence-electron chi connectivity index (χ1n) is 9.01.